The van der Waals surface area contributed by atoms with Gasteiger partial charge in [-0.25, -0.2) is 14.0 Å². The Morgan fingerprint density at radius 3 is 2.25 bits per heavy atom. The molecule has 0 bridgehead atoms. The molecule has 3 N–H and O–H groups in total. The molecule has 1 rings (SSSR count). The van der Waals surface area contributed by atoms with Crippen LogP contribution in [0.2, 0.25) is 0 Å². The quantitative estimate of drug-likeness (QED) is 0.552. The molecule has 1 aromatic rings. The zero-order valence-corrected chi connectivity index (χ0v) is 14.0. The molecule has 0 spiro atoms. The number of amides is 1. The van der Waals surface area contributed by atoms with Crippen LogP contribution in [0.5, 0.6) is 0 Å². The summed E-state index contributed by atoms with van der Waals surface area (Å²) in [6.07, 6.45) is -2.75. The Hall–Kier alpha value is -2.19. The molecule has 0 aliphatic carbocycles. The van der Waals surface area contributed by atoms with Crippen LogP contribution in [0.1, 0.15) is 33.3 Å². The van der Waals surface area contributed by atoms with Crippen molar-refractivity contribution in [2.75, 3.05) is 0 Å². The van der Waals surface area contributed by atoms with Crippen LogP contribution in [0, 0.1) is 5.82 Å². The van der Waals surface area contributed by atoms with E-state index in [0.29, 0.717) is 5.56 Å². The molecule has 1 amide bonds. The van der Waals surface area contributed by atoms with Gasteiger partial charge in [0, 0.05) is 0 Å². The number of aliphatic hydroxyl groups is 2. The number of benzene rings is 1. The second-order valence-corrected chi connectivity index (χ2v) is 6.27. The third-order valence-electron chi connectivity index (χ3n) is 2.89. The molecule has 134 valence electrons. The molecule has 0 saturated carbocycles. The lowest BCUT2D eigenvalue weighted by Gasteiger charge is -2.30. The predicted molar refractivity (Wildman–Crippen MR) is 82.2 cm³/mol. The Morgan fingerprint density at radius 1 is 1.25 bits per heavy atom. The van der Waals surface area contributed by atoms with Gasteiger partial charge in [0.25, 0.3) is 5.72 Å². The summed E-state index contributed by atoms with van der Waals surface area (Å²) in [5.41, 5.74) is -3.07. The predicted octanol–water partition coefficient (Wildman–Crippen LogP) is 1.46. The Bertz CT molecular complexity index is 581. The zero-order valence-electron chi connectivity index (χ0n) is 14.0. The summed E-state index contributed by atoms with van der Waals surface area (Å²) in [5, 5.41) is 21.8. The SMILES string of the molecule is C[C@H](O)[C@@](O)(NC(=O)OC(C)(C)C)C(=O)OCc1ccc(F)cc1. The molecule has 8 heteroatoms. The van der Waals surface area contributed by atoms with E-state index in [1.54, 1.807) is 20.8 Å². The van der Waals surface area contributed by atoms with Crippen molar-refractivity contribution in [3.8, 4) is 0 Å². The highest BCUT2D eigenvalue weighted by Gasteiger charge is 2.45. The molecule has 0 unspecified atom stereocenters. The van der Waals surface area contributed by atoms with Crippen LogP contribution in [0.3, 0.4) is 0 Å². The van der Waals surface area contributed by atoms with Crippen LogP contribution in [-0.2, 0) is 20.9 Å². The molecule has 7 nitrogen and oxygen atoms in total. The number of ether oxygens (including phenoxy) is 2. The summed E-state index contributed by atoms with van der Waals surface area (Å²) < 4.78 is 22.6. The number of hydrogen-bond acceptors (Lipinski definition) is 6. The molecule has 2 atom stereocenters. The van der Waals surface area contributed by atoms with Gasteiger partial charge in [-0.2, -0.15) is 0 Å². The fourth-order valence-electron chi connectivity index (χ4n) is 1.62. The topological polar surface area (TPSA) is 105 Å². The van der Waals surface area contributed by atoms with Crippen molar-refractivity contribution in [2.24, 2.45) is 0 Å². The molecular weight excluding hydrogens is 321 g/mol. The van der Waals surface area contributed by atoms with E-state index in [-0.39, 0.29) is 6.61 Å². The minimum absolute atomic E-state index is 0.274. The monoisotopic (exact) mass is 343 g/mol. The highest BCUT2D eigenvalue weighted by Crippen LogP contribution is 2.14. The van der Waals surface area contributed by atoms with E-state index in [2.05, 4.69) is 0 Å². The van der Waals surface area contributed by atoms with Crippen molar-refractivity contribution in [1.29, 1.82) is 0 Å². The first kappa shape index (κ1) is 19.9. The number of nitrogens with one attached hydrogen (secondary N) is 1. The number of carbonyl (C=O) groups excluding carboxylic acids is 2. The molecule has 1 aromatic carbocycles. The molecular formula is C16H22FNO6. The summed E-state index contributed by atoms with van der Waals surface area (Å²) in [7, 11) is 0. The molecule has 24 heavy (non-hydrogen) atoms. The Kier molecular flexibility index (Phi) is 6.28. The van der Waals surface area contributed by atoms with E-state index in [0.717, 1.165) is 6.92 Å². The minimum atomic E-state index is -2.68. The lowest BCUT2D eigenvalue weighted by Crippen LogP contribution is -2.62. The maximum Gasteiger partial charge on any atom is 0.410 e. The van der Waals surface area contributed by atoms with Crippen LogP contribution in [0.15, 0.2) is 24.3 Å². The van der Waals surface area contributed by atoms with Gasteiger partial charge in [0.15, 0.2) is 0 Å². The van der Waals surface area contributed by atoms with Crippen LogP contribution in [-0.4, -0.2) is 39.7 Å². The summed E-state index contributed by atoms with van der Waals surface area (Å²) in [4.78, 5) is 23.8. The average Bonchev–Trinajstić information content (AvgIpc) is 2.43. The lowest BCUT2D eigenvalue weighted by atomic mass is 10.1. The van der Waals surface area contributed by atoms with E-state index < -0.39 is 35.3 Å². The Morgan fingerprint density at radius 2 is 1.79 bits per heavy atom. The molecule has 0 saturated heterocycles. The van der Waals surface area contributed by atoms with E-state index in [1.807, 2.05) is 5.32 Å². The molecule has 0 heterocycles. The Labute approximate surface area is 139 Å². The second-order valence-electron chi connectivity index (χ2n) is 6.27. The van der Waals surface area contributed by atoms with E-state index >= 15 is 0 Å². The molecule has 0 fully saturated rings. The van der Waals surface area contributed by atoms with Gasteiger partial charge in [-0.1, -0.05) is 12.1 Å². The lowest BCUT2D eigenvalue weighted by molar-refractivity contribution is -0.183. The van der Waals surface area contributed by atoms with Crippen molar-refractivity contribution < 1.29 is 33.7 Å². The maximum absolute atomic E-state index is 12.8. The molecule has 0 aliphatic rings. The van der Waals surface area contributed by atoms with Crippen molar-refractivity contribution in [3.05, 3.63) is 35.6 Å². The highest BCUT2D eigenvalue weighted by molar-refractivity contribution is 5.84. The van der Waals surface area contributed by atoms with Gasteiger partial charge in [0.1, 0.15) is 24.1 Å². The van der Waals surface area contributed by atoms with Gasteiger partial charge >= 0.3 is 12.1 Å². The summed E-state index contributed by atoms with van der Waals surface area (Å²) in [6, 6.07) is 5.16. The largest absolute Gasteiger partial charge is 0.457 e. The second kappa shape index (κ2) is 7.59. The fraction of sp³-hybridized carbons (Fsp3) is 0.500. The Balaban J connectivity index is 2.76. The maximum atomic E-state index is 12.8. The normalized spacial score (nSPS) is 15.1. The molecule has 0 aliphatic heterocycles. The fourth-order valence-corrected chi connectivity index (χ4v) is 1.62. The van der Waals surface area contributed by atoms with Gasteiger partial charge in [-0.3, -0.25) is 5.32 Å². The van der Waals surface area contributed by atoms with Crippen molar-refractivity contribution >= 4 is 12.1 Å². The first-order valence-corrected chi connectivity index (χ1v) is 7.27. The van der Waals surface area contributed by atoms with Gasteiger partial charge in [-0.15, -0.1) is 0 Å². The molecule has 0 radical (unpaired) electrons. The van der Waals surface area contributed by atoms with Crippen molar-refractivity contribution in [1.82, 2.24) is 5.32 Å². The first-order chi connectivity index (χ1) is 10.9. The van der Waals surface area contributed by atoms with Crippen LogP contribution in [0.25, 0.3) is 0 Å². The van der Waals surface area contributed by atoms with E-state index in [4.69, 9.17) is 9.47 Å². The number of hydrogen-bond donors (Lipinski definition) is 3. The summed E-state index contributed by atoms with van der Waals surface area (Å²) >= 11 is 0. The van der Waals surface area contributed by atoms with Crippen molar-refractivity contribution in [2.45, 2.75) is 51.7 Å². The molecule has 0 aromatic heterocycles. The van der Waals surface area contributed by atoms with E-state index in [1.165, 1.54) is 24.3 Å². The number of alkyl carbamates (subject to hydrolysis) is 1. The van der Waals surface area contributed by atoms with Gasteiger partial charge in [0.05, 0.1) is 0 Å². The highest BCUT2D eigenvalue weighted by atomic mass is 19.1. The standard InChI is InChI=1S/C16H22FNO6/c1-10(19)16(22,18-14(21)24-15(2,3)4)13(20)23-9-11-5-7-12(17)8-6-11/h5-8,10,19,22H,9H2,1-4H3,(H,18,21)/t10-,16-/m0/s1. The van der Waals surface area contributed by atoms with Crippen LogP contribution >= 0.6 is 0 Å². The third-order valence-corrected chi connectivity index (χ3v) is 2.89. The van der Waals surface area contributed by atoms with Gasteiger partial charge in [0.2, 0.25) is 0 Å². The van der Waals surface area contributed by atoms with E-state index in [9.17, 15) is 24.2 Å². The average molecular weight is 343 g/mol. The number of aliphatic hydroxyl groups excluding tert-OH is 1. The minimum Gasteiger partial charge on any atom is -0.457 e. The summed E-state index contributed by atoms with van der Waals surface area (Å²) in [6.45, 7) is 5.63. The van der Waals surface area contributed by atoms with Gasteiger partial charge < -0.3 is 19.7 Å². The smallest absolute Gasteiger partial charge is 0.410 e. The number of halogens is 1. The van der Waals surface area contributed by atoms with Gasteiger partial charge in [-0.05, 0) is 45.4 Å². The summed E-state index contributed by atoms with van der Waals surface area (Å²) in [5.74, 6) is -1.72. The first-order valence-electron chi connectivity index (χ1n) is 7.27. The van der Waals surface area contributed by atoms with Crippen molar-refractivity contribution in [3.63, 3.8) is 0 Å². The number of rotatable bonds is 5. The third kappa shape index (κ3) is 5.78. The van der Waals surface area contributed by atoms with Crippen LogP contribution < -0.4 is 5.32 Å². The number of carbonyl (C=O) groups is 2. The zero-order chi connectivity index (χ0) is 18.5. The number of esters is 1. The van der Waals surface area contributed by atoms with Crippen LogP contribution in [0.4, 0.5) is 9.18 Å².